The molecular weight excluding hydrogens is 376 g/mol. The quantitative estimate of drug-likeness (QED) is 0.592. The Labute approximate surface area is 168 Å². The Morgan fingerprint density at radius 2 is 1.90 bits per heavy atom. The highest BCUT2D eigenvalue weighted by atomic mass is 16.5. The van der Waals surface area contributed by atoms with Crippen LogP contribution in [0.5, 0.6) is 5.75 Å². The molecule has 2 aliphatic heterocycles. The Morgan fingerprint density at radius 3 is 2.55 bits per heavy atom. The molecule has 1 atom stereocenters. The number of carbonyl (C=O) groups is 3. The van der Waals surface area contributed by atoms with Gasteiger partial charge >= 0.3 is 11.9 Å². The minimum absolute atomic E-state index is 0.00592. The summed E-state index contributed by atoms with van der Waals surface area (Å²) >= 11 is 0. The molecule has 3 rings (SSSR count). The monoisotopic (exact) mass is 398 g/mol. The number of nitrogens with zero attached hydrogens (tertiary/aromatic N) is 1. The van der Waals surface area contributed by atoms with Crippen molar-refractivity contribution >= 4 is 17.8 Å². The molecule has 29 heavy (non-hydrogen) atoms. The van der Waals surface area contributed by atoms with Gasteiger partial charge in [-0.15, -0.1) is 0 Å². The molecule has 1 aromatic carbocycles. The number of benzene rings is 1. The number of fused-ring (bicyclic) bond motifs is 2. The van der Waals surface area contributed by atoms with Gasteiger partial charge in [-0.25, -0.2) is 9.59 Å². The van der Waals surface area contributed by atoms with Gasteiger partial charge in [0.1, 0.15) is 23.3 Å². The van der Waals surface area contributed by atoms with Crippen molar-refractivity contribution in [3.8, 4) is 5.75 Å². The summed E-state index contributed by atoms with van der Waals surface area (Å²) in [7, 11) is 1.52. The SMILES string of the molecule is C=CCOC(=O)C1=C(C)N(C)C(=O)[C@]12C(C(=O)OCC)=C(N)Oc1ccccc12. The molecule has 0 unspecified atom stereocenters. The van der Waals surface area contributed by atoms with Gasteiger partial charge in [0.2, 0.25) is 11.8 Å². The summed E-state index contributed by atoms with van der Waals surface area (Å²) in [6.07, 6.45) is 1.41. The van der Waals surface area contributed by atoms with Crippen molar-refractivity contribution in [3.05, 3.63) is 65.2 Å². The first-order valence-corrected chi connectivity index (χ1v) is 9.04. The number of rotatable bonds is 5. The Balaban J connectivity index is 2.38. The molecule has 0 radical (unpaired) electrons. The number of carbonyl (C=O) groups excluding carboxylic acids is 3. The molecule has 0 fully saturated rings. The fraction of sp³-hybridized carbons (Fsp3) is 0.286. The highest BCUT2D eigenvalue weighted by molar-refractivity contribution is 6.17. The third kappa shape index (κ3) is 2.79. The number of esters is 2. The van der Waals surface area contributed by atoms with Crippen LogP contribution >= 0.6 is 0 Å². The van der Waals surface area contributed by atoms with E-state index >= 15 is 0 Å². The van der Waals surface area contributed by atoms with Gasteiger partial charge in [0.05, 0.1) is 12.2 Å². The third-order valence-corrected chi connectivity index (χ3v) is 5.01. The van der Waals surface area contributed by atoms with E-state index < -0.39 is 23.3 Å². The predicted molar refractivity (Wildman–Crippen MR) is 103 cm³/mol. The average Bonchev–Trinajstić information content (AvgIpc) is 2.88. The summed E-state index contributed by atoms with van der Waals surface area (Å²) in [6.45, 7) is 6.76. The number of hydrogen-bond acceptors (Lipinski definition) is 7. The number of likely N-dealkylation sites (N-methyl/N-ethyl adjacent to an activating group) is 1. The first-order valence-electron chi connectivity index (χ1n) is 9.04. The molecule has 1 spiro atoms. The van der Waals surface area contributed by atoms with Crippen molar-refractivity contribution in [2.24, 2.45) is 5.73 Å². The molecule has 0 saturated carbocycles. The van der Waals surface area contributed by atoms with E-state index in [4.69, 9.17) is 19.9 Å². The van der Waals surface area contributed by atoms with E-state index in [1.165, 1.54) is 18.0 Å². The fourth-order valence-electron chi connectivity index (χ4n) is 3.75. The molecule has 0 bridgehead atoms. The molecule has 2 N–H and O–H groups in total. The molecule has 2 heterocycles. The van der Waals surface area contributed by atoms with Gasteiger partial charge < -0.3 is 24.8 Å². The minimum atomic E-state index is -1.83. The molecule has 1 amide bonds. The van der Waals surface area contributed by atoms with Crippen LogP contribution in [-0.4, -0.2) is 43.0 Å². The molecule has 1 aromatic rings. The summed E-state index contributed by atoms with van der Waals surface area (Å²) in [5.74, 6) is -2.16. The minimum Gasteiger partial charge on any atom is -0.462 e. The number of amides is 1. The second-order valence-corrected chi connectivity index (χ2v) is 6.52. The average molecular weight is 398 g/mol. The summed E-state index contributed by atoms with van der Waals surface area (Å²) < 4.78 is 16.0. The number of nitrogens with two attached hydrogens (primary N) is 1. The maximum Gasteiger partial charge on any atom is 0.341 e. The van der Waals surface area contributed by atoms with Crippen molar-refractivity contribution in [3.63, 3.8) is 0 Å². The highest BCUT2D eigenvalue weighted by Gasteiger charge is 2.63. The van der Waals surface area contributed by atoms with Gasteiger partial charge in [-0.05, 0) is 19.9 Å². The predicted octanol–water partition coefficient (Wildman–Crippen LogP) is 1.53. The summed E-state index contributed by atoms with van der Waals surface area (Å²) in [5, 5.41) is 0. The van der Waals surface area contributed by atoms with Crippen LogP contribution in [0.2, 0.25) is 0 Å². The van der Waals surface area contributed by atoms with E-state index in [-0.39, 0.29) is 36.0 Å². The number of ether oxygens (including phenoxy) is 3. The van der Waals surface area contributed by atoms with E-state index in [9.17, 15) is 14.4 Å². The van der Waals surface area contributed by atoms with Gasteiger partial charge in [-0.3, -0.25) is 4.79 Å². The van der Waals surface area contributed by atoms with Crippen LogP contribution in [-0.2, 0) is 29.3 Å². The Kier molecular flexibility index (Phi) is 5.19. The lowest BCUT2D eigenvalue weighted by Crippen LogP contribution is -2.49. The number of para-hydroxylation sites is 1. The summed E-state index contributed by atoms with van der Waals surface area (Å²) in [4.78, 5) is 40.9. The van der Waals surface area contributed by atoms with E-state index in [1.54, 1.807) is 38.1 Å². The maximum atomic E-state index is 13.6. The van der Waals surface area contributed by atoms with Gasteiger partial charge in [-0.1, -0.05) is 30.9 Å². The molecule has 8 heteroatoms. The summed E-state index contributed by atoms with van der Waals surface area (Å²) in [5.41, 5.74) is 4.67. The standard InChI is InChI=1S/C21H22N2O6/c1-5-11-28-18(24)15-12(3)23(4)20(26)21(15)13-9-7-8-10-14(13)29-17(22)16(21)19(25)27-6-2/h5,7-10H,1,6,11,22H2,2-4H3/t21-/m0/s1. The fourth-order valence-corrected chi connectivity index (χ4v) is 3.75. The molecular formula is C21H22N2O6. The first-order chi connectivity index (χ1) is 13.8. The second kappa shape index (κ2) is 7.46. The lowest BCUT2D eigenvalue weighted by molar-refractivity contribution is -0.143. The zero-order chi connectivity index (χ0) is 21.3. The first kappa shape index (κ1) is 20.2. The zero-order valence-electron chi connectivity index (χ0n) is 16.5. The third-order valence-electron chi connectivity index (χ3n) is 5.01. The highest BCUT2D eigenvalue weighted by Crippen LogP contribution is 2.53. The lowest BCUT2D eigenvalue weighted by Gasteiger charge is -2.36. The number of allylic oxidation sites excluding steroid dienone is 1. The largest absolute Gasteiger partial charge is 0.462 e. The van der Waals surface area contributed by atoms with Crippen LogP contribution in [0.1, 0.15) is 19.4 Å². The van der Waals surface area contributed by atoms with Gasteiger partial charge in [0.25, 0.3) is 0 Å². The van der Waals surface area contributed by atoms with Gasteiger partial charge in [-0.2, -0.15) is 0 Å². The topological polar surface area (TPSA) is 108 Å². The van der Waals surface area contributed by atoms with E-state index in [0.29, 0.717) is 11.3 Å². The van der Waals surface area contributed by atoms with Crippen LogP contribution in [0.25, 0.3) is 0 Å². The Bertz CT molecular complexity index is 977. The molecule has 0 saturated heterocycles. The van der Waals surface area contributed by atoms with Crippen LogP contribution < -0.4 is 10.5 Å². The normalized spacial score (nSPS) is 20.5. The molecule has 8 nitrogen and oxygen atoms in total. The molecule has 0 aromatic heterocycles. The Hall–Kier alpha value is -3.55. The number of hydrogen-bond donors (Lipinski definition) is 1. The van der Waals surface area contributed by atoms with Crippen molar-refractivity contribution < 1.29 is 28.6 Å². The van der Waals surface area contributed by atoms with Crippen molar-refractivity contribution in [2.75, 3.05) is 20.3 Å². The van der Waals surface area contributed by atoms with Gasteiger partial charge in [0, 0.05) is 18.3 Å². The molecule has 2 aliphatic rings. The van der Waals surface area contributed by atoms with Crippen molar-refractivity contribution in [1.82, 2.24) is 4.90 Å². The van der Waals surface area contributed by atoms with Crippen LogP contribution in [0, 0.1) is 0 Å². The van der Waals surface area contributed by atoms with Crippen molar-refractivity contribution in [2.45, 2.75) is 19.3 Å². The Morgan fingerprint density at radius 1 is 1.24 bits per heavy atom. The lowest BCUT2D eigenvalue weighted by atomic mass is 9.67. The van der Waals surface area contributed by atoms with E-state index in [0.717, 1.165) is 0 Å². The van der Waals surface area contributed by atoms with Crippen LogP contribution in [0.15, 0.2) is 59.6 Å². The molecule has 0 aliphatic carbocycles. The summed E-state index contributed by atoms with van der Waals surface area (Å²) in [6, 6.07) is 6.61. The smallest absolute Gasteiger partial charge is 0.341 e. The zero-order valence-corrected chi connectivity index (χ0v) is 16.5. The van der Waals surface area contributed by atoms with Crippen molar-refractivity contribution in [1.29, 1.82) is 0 Å². The van der Waals surface area contributed by atoms with Crippen LogP contribution in [0.3, 0.4) is 0 Å². The van der Waals surface area contributed by atoms with E-state index in [1.807, 2.05) is 0 Å². The van der Waals surface area contributed by atoms with Gasteiger partial charge in [0.15, 0.2) is 0 Å². The maximum absolute atomic E-state index is 13.6. The second-order valence-electron chi connectivity index (χ2n) is 6.52. The van der Waals surface area contributed by atoms with E-state index in [2.05, 4.69) is 6.58 Å². The molecule has 152 valence electrons. The van der Waals surface area contributed by atoms with Crippen LogP contribution in [0.4, 0.5) is 0 Å².